The number of aromatic amines is 1. The number of anilines is 1. The second-order valence-electron chi connectivity index (χ2n) is 4.27. The maximum Gasteiger partial charge on any atom is 0.118 e. The first-order valence-electron chi connectivity index (χ1n) is 5.62. The van der Waals surface area contributed by atoms with Gasteiger partial charge in [-0.25, -0.2) is 0 Å². The van der Waals surface area contributed by atoms with E-state index >= 15 is 0 Å². The summed E-state index contributed by atoms with van der Waals surface area (Å²) in [5.74, 6) is 0.325. The summed E-state index contributed by atoms with van der Waals surface area (Å²) in [5, 5.41) is 19.9. The molecule has 0 aliphatic heterocycles. The normalized spacial score (nSPS) is 10.5. The standard InChI is InChI=1S/C13H17N3O/c1-8-6-11(4-5-13(8)17)14-7-12-9(2)15-16-10(12)3/h4-6,14,17H,7H2,1-3H3,(H,15,16). The Bertz CT molecular complexity index is 512. The summed E-state index contributed by atoms with van der Waals surface area (Å²) >= 11 is 0. The summed E-state index contributed by atoms with van der Waals surface area (Å²) in [6.07, 6.45) is 0. The maximum absolute atomic E-state index is 9.44. The molecule has 0 amide bonds. The largest absolute Gasteiger partial charge is 0.508 e. The van der Waals surface area contributed by atoms with Crippen molar-refractivity contribution < 1.29 is 5.11 Å². The Hall–Kier alpha value is -1.97. The predicted octanol–water partition coefficient (Wildman–Crippen LogP) is 2.65. The zero-order valence-electron chi connectivity index (χ0n) is 10.3. The molecule has 0 bridgehead atoms. The van der Waals surface area contributed by atoms with Crippen LogP contribution in [0.3, 0.4) is 0 Å². The highest BCUT2D eigenvalue weighted by Crippen LogP contribution is 2.21. The van der Waals surface area contributed by atoms with Crippen LogP contribution in [0, 0.1) is 20.8 Å². The zero-order chi connectivity index (χ0) is 12.4. The van der Waals surface area contributed by atoms with E-state index in [1.54, 1.807) is 6.07 Å². The van der Waals surface area contributed by atoms with Crippen molar-refractivity contribution in [3.05, 3.63) is 40.7 Å². The van der Waals surface area contributed by atoms with Gasteiger partial charge in [0.1, 0.15) is 5.75 Å². The third kappa shape index (κ3) is 2.41. The van der Waals surface area contributed by atoms with Gasteiger partial charge in [-0.15, -0.1) is 0 Å². The number of rotatable bonds is 3. The lowest BCUT2D eigenvalue weighted by Gasteiger charge is -2.08. The van der Waals surface area contributed by atoms with Crippen molar-refractivity contribution in [1.29, 1.82) is 0 Å². The Labute approximate surface area is 101 Å². The molecule has 0 atom stereocenters. The van der Waals surface area contributed by atoms with Gasteiger partial charge in [-0.3, -0.25) is 5.10 Å². The first-order chi connectivity index (χ1) is 8.08. The second-order valence-corrected chi connectivity index (χ2v) is 4.27. The molecular formula is C13H17N3O. The monoisotopic (exact) mass is 231 g/mol. The van der Waals surface area contributed by atoms with Crippen LogP contribution in [0.15, 0.2) is 18.2 Å². The number of H-pyrrole nitrogens is 1. The molecule has 0 aliphatic carbocycles. The third-order valence-electron chi connectivity index (χ3n) is 2.95. The van der Waals surface area contributed by atoms with Gasteiger partial charge in [-0.05, 0) is 44.5 Å². The second kappa shape index (κ2) is 4.49. The smallest absolute Gasteiger partial charge is 0.118 e. The van der Waals surface area contributed by atoms with Gasteiger partial charge in [0.15, 0.2) is 0 Å². The molecule has 0 radical (unpaired) electrons. The number of nitrogens with zero attached hydrogens (tertiary/aromatic N) is 1. The molecule has 0 spiro atoms. The van der Waals surface area contributed by atoms with Gasteiger partial charge in [0.05, 0.1) is 5.69 Å². The summed E-state index contributed by atoms with van der Waals surface area (Å²) in [6, 6.07) is 5.50. The highest BCUT2D eigenvalue weighted by Gasteiger charge is 2.06. The number of phenols is 1. The zero-order valence-corrected chi connectivity index (χ0v) is 10.3. The number of phenolic OH excluding ortho intramolecular Hbond substituents is 1. The van der Waals surface area contributed by atoms with Crippen molar-refractivity contribution in [1.82, 2.24) is 10.2 Å². The molecule has 1 aromatic heterocycles. The van der Waals surface area contributed by atoms with Gasteiger partial charge in [-0.2, -0.15) is 5.10 Å². The van der Waals surface area contributed by atoms with E-state index in [9.17, 15) is 5.11 Å². The molecule has 0 unspecified atom stereocenters. The fourth-order valence-electron chi connectivity index (χ4n) is 1.79. The number of nitrogens with one attached hydrogen (secondary N) is 2. The quantitative estimate of drug-likeness (QED) is 0.712. The molecule has 2 aromatic rings. The van der Waals surface area contributed by atoms with Gasteiger partial charge in [-0.1, -0.05) is 0 Å². The molecule has 0 saturated carbocycles. The minimum atomic E-state index is 0.325. The summed E-state index contributed by atoms with van der Waals surface area (Å²) in [5.41, 5.74) is 5.17. The van der Waals surface area contributed by atoms with Crippen molar-refractivity contribution in [2.45, 2.75) is 27.3 Å². The number of aryl methyl sites for hydroxylation is 3. The molecule has 1 heterocycles. The van der Waals surface area contributed by atoms with Gasteiger partial charge in [0.25, 0.3) is 0 Å². The van der Waals surface area contributed by atoms with Gasteiger partial charge < -0.3 is 10.4 Å². The van der Waals surface area contributed by atoms with Crippen LogP contribution in [0.5, 0.6) is 5.75 Å². The van der Waals surface area contributed by atoms with Crippen molar-refractivity contribution >= 4 is 5.69 Å². The van der Waals surface area contributed by atoms with Crippen LogP contribution >= 0.6 is 0 Å². The minimum absolute atomic E-state index is 0.325. The average Bonchev–Trinajstić information content (AvgIpc) is 2.61. The molecule has 0 saturated heterocycles. The van der Waals surface area contributed by atoms with Crippen LogP contribution in [0.25, 0.3) is 0 Å². The fraction of sp³-hybridized carbons (Fsp3) is 0.308. The highest BCUT2D eigenvalue weighted by atomic mass is 16.3. The van der Waals surface area contributed by atoms with Crippen LogP contribution < -0.4 is 5.32 Å². The molecule has 90 valence electrons. The average molecular weight is 231 g/mol. The Balaban J connectivity index is 2.10. The van der Waals surface area contributed by atoms with Crippen LogP contribution in [0.2, 0.25) is 0 Å². The summed E-state index contributed by atoms with van der Waals surface area (Å²) < 4.78 is 0. The molecule has 0 fully saturated rings. The number of aromatic nitrogens is 2. The number of hydrogen-bond donors (Lipinski definition) is 3. The van der Waals surface area contributed by atoms with E-state index in [0.717, 1.165) is 29.2 Å². The highest BCUT2D eigenvalue weighted by molar-refractivity contribution is 5.50. The summed E-state index contributed by atoms with van der Waals surface area (Å²) in [7, 11) is 0. The molecule has 2 rings (SSSR count). The molecule has 1 aromatic carbocycles. The Morgan fingerprint density at radius 1 is 1.29 bits per heavy atom. The number of aromatic hydroxyl groups is 1. The van der Waals surface area contributed by atoms with Crippen LogP contribution in [0.4, 0.5) is 5.69 Å². The van der Waals surface area contributed by atoms with Crippen molar-refractivity contribution in [3.63, 3.8) is 0 Å². The predicted molar refractivity (Wildman–Crippen MR) is 68.2 cm³/mol. The lowest BCUT2D eigenvalue weighted by molar-refractivity contribution is 0.471. The molecular weight excluding hydrogens is 214 g/mol. The van der Waals surface area contributed by atoms with E-state index in [1.165, 1.54) is 5.56 Å². The van der Waals surface area contributed by atoms with Crippen molar-refractivity contribution in [2.24, 2.45) is 0 Å². The van der Waals surface area contributed by atoms with E-state index in [0.29, 0.717) is 5.75 Å². The van der Waals surface area contributed by atoms with E-state index < -0.39 is 0 Å². The molecule has 3 N–H and O–H groups in total. The molecule has 4 heteroatoms. The molecule has 4 nitrogen and oxygen atoms in total. The Morgan fingerprint density at radius 3 is 2.65 bits per heavy atom. The van der Waals surface area contributed by atoms with Crippen LogP contribution in [-0.4, -0.2) is 15.3 Å². The molecule has 0 aliphatic rings. The Morgan fingerprint density at radius 2 is 2.06 bits per heavy atom. The minimum Gasteiger partial charge on any atom is -0.508 e. The van der Waals surface area contributed by atoms with Crippen LogP contribution in [0.1, 0.15) is 22.5 Å². The molecule has 17 heavy (non-hydrogen) atoms. The van der Waals surface area contributed by atoms with Crippen molar-refractivity contribution in [3.8, 4) is 5.75 Å². The number of benzene rings is 1. The van der Waals surface area contributed by atoms with Crippen molar-refractivity contribution in [2.75, 3.05) is 5.32 Å². The Kier molecular flexibility index (Phi) is 3.04. The lowest BCUT2D eigenvalue weighted by Crippen LogP contribution is -2.01. The SMILES string of the molecule is Cc1cc(NCc2c(C)n[nH]c2C)ccc1O. The van der Waals surface area contributed by atoms with E-state index in [2.05, 4.69) is 15.5 Å². The first kappa shape index (κ1) is 11.5. The third-order valence-corrected chi connectivity index (χ3v) is 2.95. The topological polar surface area (TPSA) is 60.9 Å². The van der Waals surface area contributed by atoms with Gasteiger partial charge >= 0.3 is 0 Å². The number of hydrogen-bond acceptors (Lipinski definition) is 3. The van der Waals surface area contributed by atoms with E-state index in [-0.39, 0.29) is 0 Å². The fourth-order valence-corrected chi connectivity index (χ4v) is 1.79. The van der Waals surface area contributed by atoms with Crippen LogP contribution in [-0.2, 0) is 6.54 Å². The first-order valence-corrected chi connectivity index (χ1v) is 5.62. The van der Waals surface area contributed by atoms with E-state index in [4.69, 9.17) is 0 Å². The maximum atomic E-state index is 9.44. The summed E-state index contributed by atoms with van der Waals surface area (Å²) in [6.45, 7) is 6.62. The lowest BCUT2D eigenvalue weighted by atomic mass is 10.1. The summed E-state index contributed by atoms with van der Waals surface area (Å²) in [4.78, 5) is 0. The van der Waals surface area contributed by atoms with E-state index in [1.807, 2.05) is 32.9 Å². The van der Waals surface area contributed by atoms with Gasteiger partial charge in [0.2, 0.25) is 0 Å². The van der Waals surface area contributed by atoms with Gasteiger partial charge in [0, 0.05) is 23.5 Å².